The summed E-state index contributed by atoms with van der Waals surface area (Å²) in [5.41, 5.74) is 1.28. The van der Waals surface area contributed by atoms with Gasteiger partial charge in [-0.1, -0.05) is 30.5 Å². The summed E-state index contributed by atoms with van der Waals surface area (Å²) >= 11 is 1.84. The van der Waals surface area contributed by atoms with E-state index >= 15 is 0 Å². The Morgan fingerprint density at radius 3 is 2.52 bits per heavy atom. The predicted octanol–water partition coefficient (Wildman–Crippen LogP) is 4.17. The first-order valence-corrected chi connectivity index (χ1v) is 10.3. The minimum atomic E-state index is -0.222. The van der Waals surface area contributed by atoms with Crippen molar-refractivity contribution < 1.29 is 4.79 Å². The summed E-state index contributed by atoms with van der Waals surface area (Å²) in [5, 5.41) is 3.52. The molecule has 0 aromatic heterocycles. The van der Waals surface area contributed by atoms with Gasteiger partial charge in [0, 0.05) is 23.5 Å². The van der Waals surface area contributed by atoms with Crippen LogP contribution in [0, 0.1) is 6.92 Å². The second-order valence-electron chi connectivity index (χ2n) is 7.71. The van der Waals surface area contributed by atoms with E-state index in [2.05, 4.69) is 41.4 Å². The molecule has 2 atom stereocenters. The molecular formula is C20H29ClN2OS. The minimum Gasteiger partial charge on any atom is -0.334 e. The van der Waals surface area contributed by atoms with Crippen molar-refractivity contribution in [2.75, 3.05) is 13.1 Å². The Bertz CT molecular complexity index is 586. The maximum Gasteiger partial charge on any atom is 0.239 e. The van der Waals surface area contributed by atoms with E-state index in [-0.39, 0.29) is 17.2 Å². The molecule has 1 aromatic carbocycles. The topological polar surface area (TPSA) is 32.3 Å². The first-order chi connectivity index (χ1) is 11.7. The first kappa shape index (κ1) is 19.1. The number of nitrogens with zero attached hydrogens (tertiary/aromatic N) is 1. The van der Waals surface area contributed by atoms with Crippen molar-refractivity contribution in [3.05, 3.63) is 29.8 Å². The number of benzene rings is 1. The van der Waals surface area contributed by atoms with Crippen LogP contribution in [0.25, 0.3) is 0 Å². The van der Waals surface area contributed by atoms with Gasteiger partial charge in [0.2, 0.25) is 5.91 Å². The zero-order valence-corrected chi connectivity index (χ0v) is 16.6. The molecule has 2 heterocycles. The molecular weight excluding hydrogens is 352 g/mol. The first-order valence-electron chi connectivity index (χ1n) is 9.47. The summed E-state index contributed by atoms with van der Waals surface area (Å²) in [5.74, 6) is 0.432. The van der Waals surface area contributed by atoms with Gasteiger partial charge in [-0.2, -0.15) is 0 Å². The summed E-state index contributed by atoms with van der Waals surface area (Å²) in [6, 6.07) is 9.58. The standard InChI is InChI=1S/C20H28N2OS.ClH/c1-15-4-8-18(9-5-15)24-20(11-2-3-12-20)19(23)22-16-6-7-17(22)14-21-13-10-16;/h4-5,8-9,16-17,21H,2-3,6-7,10-14H2,1H3;1H. The second-order valence-corrected chi connectivity index (χ2v) is 9.16. The van der Waals surface area contributed by atoms with Gasteiger partial charge in [0.25, 0.3) is 0 Å². The van der Waals surface area contributed by atoms with Crippen LogP contribution in [0.3, 0.4) is 0 Å². The number of hydrogen-bond donors (Lipinski definition) is 1. The van der Waals surface area contributed by atoms with Crippen LogP contribution in [0.1, 0.15) is 50.5 Å². The average Bonchev–Trinajstić information content (AvgIpc) is 3.13. The van der Waals surface area contributed by atoms with Crippen LogP contribution in [0.15, 0.2) is 29.2 Å². The molecule has 25 heavy (non-hydrogen) atoms. The molecule has 0 radical (unpaired) electrons. The molecule has 2 bridgehead atoms. The lowest BCUT2D eigenvalue weighted by molar-refractivity contribution is -0.136. The van der Waals surface area contributed by atoms with Crippen LogP contribution in [0.2, 0.25) is 0 Å². The van der Waals surface area contributed by atoms with Gasteiger partial charge in [-0.05, 0) is 57.7 Å². The number of amides is 1. The predicted molar refractivity (Wildman–Crippen MR) is 107 cm³/mol. The fourth-order valence-corrected chi connectivity index (χ4v) is 6.10. The highest BCUT2D eigenvalue weighted by atomic mass is 35.5. The van der Waals surface area contributed by atoms with Crippen molar-refractivity contribution in [1.82, 2.24) is 10.2 Å². The van der Waals surface area contributed by atoms with Crippen molar-refractivity contribution in [1.29, 1.82) is 0 Å². The number of nitrogens with one attached hydrogen (secondary N) is 1. The SMILES string of the molecule is Cc1ccc(SC2(C(=O)N3C4CCNCC3CC4)CCCC2)cc1.Cl. The second kappa shape index (κ2) is 7.89. The van der Waals surface area contributed by atoms with Gasteiger partial charge in [0.05, 0.1) is 4.75 Å². The van der Waals surface area contributed by atoms with Crippen molar-refractivity contribution >= 4 is 30.1 Å². The number of thioether (sulfide) groups is 1. The number of aryl methyl sites for hydroxylation is 1. The van der Waals surface area contributed by atoms with Gasteiger partial charge in [-0.25, -0.2) is 0 Å². The van der Waals surface area contributed by atoms with E-state index in [4.69, 9.17) is 0 Å². The van der Waals surface area contributed by atoms with Crippen LogP contribution < -0.4 is 5.32 Å². The maximum atomic E-state index is 13.7. The maximum absolute atomic E-state index is 13.7. The zero-order valence-electron chi connectivity index (χ0n) is 15.0. The lowest BCUT2D eigenvalue weighted by Crippen LogP contribution is -2.51. The largest absolute Gasteiger partial charge is 0.334 e. The molecule has 1 aromatic rings. The monoisotopic (exact) mass is 380 g/mol. The summed E-state index contributed by atoms with van der Waals surface area (Å²) < 4.78 is -0.222. The quantitative estimate of drug-likeness (QED) is 0.853. The Kier molecular flexibility index (Phi) is 6.02. The molecule has 138 valence electrons. The molecule has 4 rings (SSSR count). The van der Waals surface area contributed by atoms with Crippen molar-refractivity contribution in [3.63, 3.8) is 0 Å². The van der Waals surface area contributed by atoms with E-state index in [9.17, 15) is 4.79 Å². The molecule has 1 saturated carbocycles. The number of fused-ring (bicyclic) bond motifs is 2. The lowest BCUT2D eigenvalue weighted by Gasteiger charge is -2.37. The molecule has 1 N–H and O–H groups in total. The third-order valence-corrected chi connectivity index (χ3v) is 7.51. The van der Waals surface area contributed by atoms with E-state index in [0.29, 0.717) is 18.0 Å². The smallest absolute Gasteiger partial charge is 0.239 e. The lowest BCUT2D eigenvalue weighted by atomic mass is 10.0. The van der Waals surface area contributed by atoms with Crippen LogP contribution in [-0.2, 0) is 4.79 Å². The van der Waals surface area contributed by atoms with E-state index in [1.54, 1.807) is 0 Å². The van der Waals surface area contributed by atoms with Crippen molar-refractivity contribution in [3.8, 4) is 0 Å². The Morgan fingerprint density at radius 2 is 1.80 bits per heavy atom. The number of rotatable bonds is 3. The normalized spacial score (nSPS) is 27.6. The molecule has 2 aliphatic heterocycles. The molecule has 2 unspecified atom stereocenters. The Labute approximate surface area is 161 Å². The average molecular weight is 381 g/mol. The number of carbonyl (C=O) groups excluding carboxylic acids is 1. The van der Waals surface area contributed by atoms with Gasteiger partial charge in [0.15, 0.2) is 0 Å². The summed E-state index contributed by atoms with van der Waals surface area (Å²) in [4.78, 5) is 17.2. The highest BCUT2D eigenvalue weighted by Gasteiger charge is 2.49. The van der Waals surface area contributed by atoms with E-state index < -0.39 is 0 Å². The summed E-state index contributed by atoms with van der Waals surface area (Å²) in [7, 11) is 0. The van der Waals surface area contributed by atoms with Crippen molar-refractivity contribution in [2.24, 2.45) is 0 Å². The van der Waals surface area contributed by atoms with Gasteiger partial charge >= 0.3 is 0 Å². The molecule has 1 aliphatic carbocycles. The third kappa shape index (κ3) is 3.72. The van der Waals surface area contributed by atoms with E-state index in [1.807, 2.05) is 11.8 Å². The van der Waals surface area contributed by atoms with Crippen LogP contribution in [-0.4, -0.2) is 40.7 Å². The Hall–Kier alpha value is -0.710. The van der Waals surface area contributed by atoms with Gasteiger partial charge in [0.1, 0.15) is 0 Å². The molecule has 2 saturated heterocycles. The van der Waals surface area contributed by atoms with Crippen molar-refractivity contribution in [2.45, 2.75) is 73.6 Å². The molecule has 1 amide bonds. The summed E-state index contributed by atoms with van der Waals surface area (Å²) in [6.45, 7) is 4.16. The molecule has 3 nitrogen and oxygen atoms in total. The van der Waals surface area contributed by atoms with Gasteiger partial charge in [-0.3, -0.25) is 4.79 Å². The number of carbonyl (C=O) groups is 1. The number of hydrogen-bond acceptors (Lipinski definition) is 3. The molecule has 5 heteroatoms. The highest BCUT2D eigenvalue weighted by molar-refractivity contribution is 8.01. The fraction of sp³-hybridized carbons (Fsp3) is 0.650. The van der Waals surface area contributed by atoms with E-state index in [1.165, 1.54) is 36.1 Å². The summed E-state index contributed by atoms with van der Waals surface area (Å²) in [6.07, 6.45) is 7.94. The third-order valence-electron chi connectivity index (χ3n) is 6.02. The Balaban J connectivity index is 0.00000182. The zero-order chi connectivity index (χ0) is 16.6. The molecule has 0 spiro atoms. The van der Waals surface area contributed by atoms with E-state index in [0.717, 1.165) is 32.4 Å². The van der Waals surface area contributed by atoms with Gasteiger partial charge in [-0.15, -0.1) is 24.2 Å². The number of halogens is 1. The molecule has 3 aliphatic rings. The fourth-order valence-electron chi connectivity index (χ4n) is 4.69. The van der Waals surface area contributed by atoms with Crippen LogP contribution in [0.5, 0.6) is 0 Å². The Morgan fingerprint density at radius 1 is 1.12 bits per heavy atom. The minimum absolute atomic E-state index is 0. The van der Waals surface area contributed by atoms with Crippen LogP contribution in [0.4, 0.5) is 0 Å². The van der Waals surface area contributed by atoms with Gasteiger partial charge < -0.3 is 10.2 Å². The molecule has 3 fully saturated rings. The van der Waals surface area contributed by atoms with Crippen LogP contribution >= 0.6 is 24.2 Å². The highest BCUT2D eigenvalue weighted by Crippen LogP contribution is 2.48.